The predicted octanol–water partition coefficient (Wildman–Crippen LogP) is 2.35. The summed E-state index contributed by atoms with van der Waals surface area (Å²) in [6, 6.07) is 5.14. The molecule has 0 aliphatic rings. The zero-order valence-electron chi connectivity index (χ0n) is 8.90. The summed E-state index contributed by atoms with van der Waals surface area (Å²) in [4.78, 5) is 4.08. The summed E-state index contributed by atoms with van der Waals surface area (Å²) in [5, 5.41) is 0.491. The molecule has 0 saturated carbocycles. The molecular weight excluding hydrogens is 225 g/mol. The fourth-order valence-electron chi connectivity index (χ4n) is 1.49. The number of benzene rings is 1. The van der Waals surface area contributed by atoms with Crippen molar-refractivity contribution in [2.75, 3.05) is 5.73 Å². The van der Waals surface area contributed by atoms with Gasteiger partial charge in [0.05, 0.1) is 0 Å². The molecule has 3 nitrogen and oxygen atoms in total. The average Bonchev–Trinajstić information content (AvgIpc) is 2.66. The third kappa shape index (κ3) is 2.55. The Labute approximate surface area is 97.3 Å². The van der Waals surface area contributed by atoms with Crippen molar-refractivity contribution in [1.82, 2.24) is 9.36 Å². The van der Waals surface area contributed by atoms with Crippen LogP contribution in [0.4, 0.5) is 9.52 Å². The fraction of sp³-hybridized carbons (Fsp3) is 0.273. The number of hydrogen-bond donors (Lipinski definition) is 1. The molecule has 0 fully saturated rings. The van der Waals surface area contributed by atoms with Gasteiger partial charge in [0.25, 0.3) is 0 Å². The number of aryl methyl sites for hydroxylation is 3. The molecule has 0 spiro atoms. The van der Waals surface area contributed by atoms with Crippen LogP contribution in [0.25, 0.3) is 0 Å². The van der Waals surface area contributed by atoms with E-state index in [1.54, 1.807) is 13.0 Å². The van der Waals surface area contributed by atoms with Gasteiger partial charge in [-0.15, -0.1) is 0 Å². The Morgan fingerprint density at radius 3 is 2.81 bits per heavy atom. The highest BCUT2D eigenvalue weighted by Crippen LogP contribution is 2.12. The van der Waals surface area contributed by atoms with Crippen molar-refractivity contribution in [2.24, 2.45) is 0 Å². The Morgan fingerprint density at radius 1 is 1.38 bits per heavy atom. The SMILES string of the molecule is Cc1cc(CCc2nsc(N)n2)ccc1F. The van der Waals surface area contributed by atoms with Gasteiger partial charge in [-0.05, 0) is 30.5 Å². The second-order valence-corrected chi connectivity index (χ2v) is 4.42. The van der Waals surface area contributed by atoms with Crippen LogP contribution in [0, 0.1) is 12.7 Å². The van der Waals surface area contributed by atoms with E-state index < -0.39 is 0 Å². The number of anilines is 1. The molecule has 0 unspecified atom stereocenters. The number of rotatable bonds is 3. The standard InChI is InChI=1S/C11H12FN3S/c1-7-6-8(2-4-9(7)12)3-5-10-14-11(13)16-15-10/h2,4,6H,3,5H2,1H3,(H2,13,14,15). The lowest BCUT2D eigenvalue weighted by Crippen LogP contribution is -1.95. The van der Waals surface area contributed by atoms with Crippen molar-refractivity contribution >= 4 is 16.7 Å². The van der Waals surface area contributed by atoms with Crippen LogP contribution in [0.2, 0.25) is 0 Å². The summed E-state index contributed by atoms with van der Waals surface area (Å²) in [5.74, 6) is 0.587. The number of hydrogen-bond acceptors (Lipinski definition) is 4. The summed E-state index contributed by atoms with van der Waals surface area (Å²) >= 11 is 1.20. The van der Waals surface area contributed by atoms with E-state index in [-0.39, 0.29) is 5.82 Å². The highest BCUT2D eigenvalue weighted by molar-refractivity contribution is 7.09. The molecule has 0 amide bonds. The third-order valence-corrected chi connectivity index (χ3v) is 2.92. The first-order valence-electron chi connectivity index (χ1n) is 4.98. The van der Waals surface area contributed by atoms with E-state index >= 15 is 0 Å². The van der Waals surface area contributed by atoms with E-state index in [0.717, 1.165) is 24.2 Å². The largest absolute Gasteiger partial charge is 0.374 e. The quantitative estimate of drug-likeness (QED) is 0.891. The van der Waals surface area contributed by atoms with Gasteiger partial charge in [-0.1, -0.05) is 12.1 Å². The van der Waals surface area contributed by atoms with Crippen LogP contribution in [0.15, 0.2) is 18.2 Å². The molecule has 0 aliphatic carbocycles. The van der Waals surface area contributed by atoms with Crippen molar-refractivity contribution in [3.05, 3.63) is 41.0 Å². The lowest BCUT2D eigenvalue weighted by molar-refractivity contribution is 0.617. The summed E-state index contributed by atoms with van der Waals surface area (Å²) in [6.45, 7) is 1.76. The minimum atomic E-state index is -0.167. The Morgan fingerprint density at radius 2 is 2.19 bits per heavy atom. The Hall–Kier alpha value is -1.49. The molecule has 1 aromatic heterocycles. The summed E-state index contributed by atoms with van der Waals surface area (Å²) in [7, 11) is 0. The van der Waals surface area contributed by atoms with Crippen LogP contribution in [0.5, 0.6) is 0 Å². The molecule has 0 atom stereocenters. The monoisotopic (exact) mass is 237 g/mol. The van der Waals surface area contributed by atoms with E-state index in [4.69, 9.17) is 5.73 Å². The first-order valence-corrected chi connectivity index (χ1v) is 5.75. The smallest absolute Gasteiger partial charge is 0.199 e. The van der Waals surface area contributed by atoms with Crippen LogP contribution in [0.3, 0.4) is 0 Å². The molecule has 84 valence electrons. The zero-order chi connectivity index (χ0) is 11.5. The molecule has 1 heterocycles. The molecule has 2 N–H and O–H groups in total. The molecule has 1 aromatic carbocycles. The fourth-order valence-corrected chi connectivity index (χ4v) is 1.96. The van der Waals surface area contributed by atoms with Crippen LogP contribution < -0.4 is 5.73 Å². The van der Waals surface area contributed by atoms with Crippen LogP contribution in [0.1, 0.15) is 17.0 Å². The Kier molecular flexibility index (Phi) is 3.14. The molecule has 0 bridgehead atoms. The van der Waals surface area contributed by atoms with Gasteiger partial charge in [0.1, 0.15) is 11.6 Å². The highest BCUT2D eigenvalue weighted by atomic mass is 32.1. The molecule has 0 saturated heterocycles. The highest BCUT2D eigenvalue weighted by Gasteiger charge is 2.03. The third-order valence-electron chi connectivity index (χ3n) is 2.34. The molecular formula is C11H12FN3S. The van der Waals surface area contributed by atoms with Gasteiger partial charge in [0, 0.05) is 18.0 Å². The maximum absolute atomic E-state index is 13.0. The predicted molar refractivity (Wildman–Crippen MR) is 62.9 cm³/mol. The minimum Gasteiger partial charge on any atom is -0.374 e. The van der Waals surface area contributed by atoms with Crippen molar-refractivity contribution in [1.29, 1.82) is 0 Å². The van der Waals surface area contributed by atoms with Crippen molar-refractivity contribution in [3.63, 3.8) is 0 Å². The van der Waals surface area contributed by atoms with Crippen LogP contribution in [-0.4, -0.2) is 9.36 Å². The first kappa shape index (κ1) is 11.0. The minimum absolute atomic E-state index is 0.167. The van der Waals surface area contributed by atoms with E-state index in [1.807, 2.05) is 6.07 Å². The van der Waals surface area contributed by atoms with Crippen LogP contribution >= 0.6 is 11.5 Å². The summed E-state index contributed by atoms with van der Waals surface area (Å²) < 4.78 is 17.1. The van der Waals surface area contributed by atoms with Gasteiger partial charge in [0.15, 0.2) is 5.13 Å². The Balaban J connectivity index is 2.02. The molecule has 0 aliphatic heterocycles. The van der Waals surface area contributed by atoms with E-state index in [1.165, 1.54) is 17.6 Å². The van der Waals surface area contributed by atoms with E-state index in [9.17, 15) is 4.39 Å². The summed E-state index contributed by atoms with van der Waals surface area (Å²) in [6.07, 6.45) is 1.54. The number of halogens is 1. The van der Waals surface area contributed by atoms with Gasteiger partial charge in [-0.3, -0.25) is 0 Å². The van der Waals surface area contributed by atoms with Crippen molar-refractivity contribution < 1.29 is 4.39 Å². The molecule has 2 rings (SSSR count). The summed E-state index contributed by atoms with van der Waals surface area (Å²) in [5.41, 5.74) is 7.25. The zero-order valence-corrected chi connectivity index (χ0v) is 9.72. The van der Waals surface area contributed by atoms with E-state index in [2.05, 4.69) is 9.36 Å². The lowest BCUT2D eigenvalue weighted by atomic mass is 10.1. The topological polar surface area (TPSA) is 51.8 Å². The molecule has 0 radical (unpaired) electrons. The van der Waals surface area contributed by atoms with Crippen molar-refractivity contribution in [3.8, 4) is 0 Å². The lowest BCUT2D eigenvalue weighted by Gasteiger charge is -2.01. The maximum Gasteiger partial charge on any atom is 0.199 e. The normalized spacial score (nSPS) is 10.6. The van der Waals surface area contributed by atoms with Gasteiger partial charge in [-0.25, -0.2) is 9.37 Å². The maximum atomic E-state index is 13.0. The van der Waals surface area contributed by atoms with E-state index in [0.29, 0.717) is 10.7 Å². The van der Waals surface area contributed by atoms with Gasteiger partial charge >= 0.3 is 0 Å². The second-order valence-electron chi connectivity index (χ2n) is 3.63. The van der Waals surface area contributed by atoms with Gasteiger partial charge < -0.3 is 5.73 Å². The second kappa shape index (κ2) is 4.57. The Bertz CT molecular complexity index is 496. The molecule has 5 heteroatoms. The number of nitrogens with zero attached hydrogens (tertiary/aromatic N) is 2. The molecule has 2 aromatic rings. The first-order chi connectivity index (χ1) is 7.65. The number of nitrogens with two attached hydrogens (primary N) is 1. The molecule has 16 heavy (non-hydrogen) atoms. The van der Waals surface area contributed by atoms with Crippen molar-refractivity contribution in [2.45, 2.75) is 19.8 Å². The van der Waals surface area contributed by atoms with Gasteiger partial charge in [0.2, 0.25) is 0 Å². The van der Waals surface area contributed by atoms with Crippen LogP contribution in [-0.2, 0) is 12.8 Å². The number of nitrogen functional groups attached to an aromatic ring is 1. The number of aromatic nitrogens is 2. The van der Waals surface area contributed by atoms with Gasteiger partial charge in [-0.2, -0.15) is 4.37 Å². The average molecular weight is 237 g/mol.